The third-order valence-electron chi connectivity index (χ3n) is 3.80. The van der Waals surface area contributed by atoms with E-state index in [0.29, 0.717) is 0 Å². The smallest absolute Gasteiger partial charge is 0.231 e. The van der Waals surface area contributed by atoms with Crippen molar-refractivity contribution in [3.8, 4) is 5.75 Å². The molecule has 1 aliphatic heterocycles. The second kappa shape index (κ2) is 5.61. The number of anilines is 1. The number of carbonyl (C=O) groups excluding carboxylic acids is 1. The molecule has 19 heavy (non-hydrogen) atoms. The van der Waals surface area contributed by atoms with Gasteiger partial charge in [-0.25, -0.2) is 0 Å². The number of aryl methyl sites for hydroxylation is 1. The summed E-state index contributed by atoms with van der Waals surface area (Å²) in [5, 5.41) is 6.30. The van der Waals surface area contributed by atoms with Gasteiger partial charge in [-0.15, -0.1) is 0 Å². The molecule has 0 aromatic heterocycles. The fourth-order valence-corrected chi connectivity index (χ4v) is 2.49. The highest BCUT2D eigenvalue weighted by atomic mass is 16.5. The van der Waals surface area contributed by atoms with Crippen LogP contribution in [0, 0.1) is 12.3 Å². The van der Waals surface area contributed by atoms with Crippen LogP contribution in [0.25, 0.3) is 0 Å². The van der Waals surface area contributed by atoms with Crippen LogP contribution in [0.5, 0.6) is 5.75 Å². The van der Waals surface area contributed by atoms with Crippen molar-refractivity contribution in [2.75, 3.05) is 25.5 Å². The number of benzene rings is 1. The summed E-state index contributed by atoms with van der Waals surface area (Å²) >= 11 is 0. The lowest BCUT2D eigenvalue weighted by atomic mass is 9.82. The molecular weight excluding hydrogens is 240 g/mol. The largest absolute Gasteiger partial charge is 0.496 e. The Labute approximate surface area is 114 Å². The van der Waals surface area contributed by atoms with Crippen molar-refractivity contribution in [2.24, 2.45) is 5.41 Å². The molecule has 1 aliphatic rings. The van der Waals surface area contributed by atoms with Crippen molar-refractivity contribution >= 4 is 11.6 Å². The summed E-state index contributed by atoms with van der Waals surface area (Å²) < 4.78 is 5.22. The normalized spacial score (nSPS) is 22.9. The molecule has 1 unspecified atom stereocenters. The van der Waals surface area contributed by atoms with Gasteiger partial charge >= 0.3 is 0 Å². The first kappa shape index (κ1) is 13.9. The molecule has 0 saturated carbocycles. The minimum atomic E-state index is -0.313. The quantitative estimate of drug-likeness (QED) is 0.879. The summed E-state index contributed by atoms with van der Waals surface area (Å²) in [6.45, 7) is 5.74. The topological polar surface area (TPSA) is 50.4 Å². The Kier molecular flexibility index (Phi) is 4.10. The minimum absolute atomic E-state index is 0.0873. The van der Waals surface area contributed by atoms with Crippen molar-refractivity contribution in [3.05, 3.63) is 23.8 Å². The molecule has 1 aromatic rings. The van der Waals surface area contributed by atoms with Crippen molar-refractivity contribution in [3.63, 3.8) is 0 Å². The molecule has 4 nitrogen and oxygen atoms in total. The fourth-order valence-electron chi connectivity index (χ4n) is 2.49. The van der Waals surface area contributed by atoms with E-state index < -0.39 is 0 Å². The molecule has 104 valence electrons. The van der Waals surface area contributed by atoms with Gasteiger partial charge in [0.05, 0.1) is 12.5 Å². The van der Waals surface area contributed by atoms with E-state index in [-0.39, 0.29) is 11.3 Å². The lowest BCUT2D eigenvalue weighted by molar-refractivity contribution is -0.125. The van der Waals surface area contributed by atoms with Gasteiger partial charge in [-0.1, -0.05) is 0 Å². The summed E-state index contributed by atoms with van der Waals surface area (Å²) in [5.74, 6) is 0.924. The van der Waals surface area contributed by atoms with Crippen LogP contribution in [0.2, 0.25) is 0 Å². The monoisotopic (exact) mass is 262 g/mol. The Morgan fingerprint density at radius 2 is 2.26 bits per heavy atom. The molecule has 2 rings (SSSR count). The number of ether oxygens (including phenoxy) is 1. The molecule has 0 spiro atoms. The SMILES string of the molecule is COc1ccc(NC(=O)C2(C)CCCNC2)cc1C. The third-order valence-corrected chi connectivity index (χ3v) is 3.80. The molecule has 4 heteroatoms. The lowest BCUT2D eigenvalue weighted by Crippen LogP contribution is -2.46. The highest BCUT2D eigenvalue weighted by Crippen LogP contribution is 2.28. The number of hydrogen-bond donors (Lipinski definition) is 2. The van der Waals surface area contributed by atoms with Gasteiger partial charge < -0.3 is 15.4 Å². The van der Waals surface area contributed by atoms with E-state index in [1.165, 1.54) is 0 Å². The maximum atomic E-state index is 12.4. The number of hydrogen-bond acceptors (Lipinski definition) is 3. The van der Waals surface area contributed by atoms with E-state index in [0.717, 1.165) is 42.9 Å². The van der Waals surface area contributed by atoms with Crippen LogP contribution in [0.4, 0.5) is 5.69 Å². The van der Waals surface area contributed by atoms with E-state index >= 15 is 0 Å². The molecule has 1 atom stereocenters. The Hall–Kier alpha value is -1.55. The maximum Gasteiger partial charge on any atom is 0.231 e. The van der Waals surface area contributed by atoms with Crippen LogP contribution in [0.1, 0.15) is 25.3 Å². The van der Waals surface area contributed by atoms with Crippen LogP contribution in [-0.4, -0.2) is 26.1 Å². The van der Waals surface area contributed by atoms with Crippen molar-refractivity contribution in [1.29, 1.82) is 0 Å². The molecule has 1 amide bonds. The molecular formula is C15H22N2O2. The second-order valence-electron chi connectivity index (χ2n) is 5.48. The summed E-state index contributed by atoms with van der Waals surface area (Å²) in [6, 6.07) is 5.70. The van der Waals surface area contributed by atoms with E-state index in [1.54, 1.807) is 7.11 Å². The number of nitrogens with one attached hydrogen (secondary N) is 2. The predicted molar refractivity (Wildman–Crippen MR) is 76.6 cm³/mol. The molecule has 0 bridgehead atoms. The summed E-state index contributed by atoms with van der Waals surface area (Å²) in [6.07, 6.45) is 1.98. The van der Waals surface area contributed by atoms with Gasteiger partial charge in [-0.2, -0.15) is 0 Å². The molecule has 1 aromatic carbocycles. The molecule has 1 fully saturated rings. The summed E-state index contributed by atoms with van der Waals surface area (Å²) in [5.41, 5.74) is 1.54. The molecule has 1 saturated heterocycles. The highest BCUT2D eigenvalue weighted by molar-refractivity contribution is 5.95. The van der Waals surface area contributed by atoms with Gasteiger partial charge in [0.2, 0.25) is 5.91 Å². The second-order valence-corrected chi connectivity index (χ2v) is 5.48. The predicted octanol–water partition coefficient (Wildman–Crippen LogP) is 2.33. The first-order valence-corrected chi connectivity index (χ1v) is 6.72. The molecule has 0 aliphatic carbocycles. The van der Waals surface area contributed by atoms with Crippen molar-refractivity contribution in [1.82, 2.24) is 5.32 Å². The lowest BCUT2D eigenvalue weighted by Gasteiger charge is -2.32. The highest BCUT2D eigenvalue weighted by Gasteiger charge is 2.34. The van der Waals surface area contributed by atoms with E-state index in [2.05, 4.69) is 10.6 Å². The minimum Gasteiger partial charge on any atom is -0.496 e. The number of methoxy groups -OCH3 is 1. The van der Waals surface area contributed by atoms with Crippen molar-refractivity contribution < 1.29 is 9.53 Å². The first-order valence-electron chi connectivity index (χ1n) is 6.72. The van der Waals surface area contributed by atoms with Gasteiger partial charge in [0.1, 0.15) is 5.75 Å². The Bertz CT molecular complexity index is 465. The molecule has 2 N–H and O–H groups in total. The van der Waals surface area contributed by atoms with Crippen LogP contribution in [-0.2, 0) is 4.79 Å². The zero-order chi connectivity index (χ0) is 13.9. The number of piperidine rings is 1. The van der Waals surface area contributed by atoms with E-state index in [1.807, 2.05) is 32.0 Å². The Morgan fingerprint density at radius 1 is 1.47 bits per heavy atom. The van der Waals surface area contributed by atoms with Gasteiger partial charge in [-0.05, 0) is 57.0 Å². The molecule has 1 heterocycles. The van der Waals surface area contributed by atoms with Gasteiger partial charge in [0.15, 0.2) is 0 Å². The zero-order valence-electron chi connectivity index (χ0n) is 11.9. The van der Waals surface area contributed by atoms with E-state index in [9.17, 15) is 4.79 Å². The number of carbonyl (C=O) groups is 1. The van der Waals surface area contributed by atoms with Crippen molar-refractivity contribution in [2.45, 2.75) is 26.7 Å². The fraction of sp³-hybridized carbons (Fsp3) is 0.533. The van der Waals surface area contributed by atoms with Gasteiger partial charge in [0.25, 0.3) is 0 Å². The standard InChI is InChI=1S/C15H22N2O2/c1-11-9-12(5-6-13(11)19-3)17-14(18)15(2)7-4-8-16-10-15/h5-6,9,16H,4,7-8,10H2,1-3H3,(H,17,18). The average molecular weight is 262 g/mol. The van der Waals surface area contributed by atoms with Gasteiger partial charge in [-0.3, -0.25) is 4.79 Å². The Morgan fingerprint density at radius 3 is 2.84 bits per heavy atom. The van der Waals surface area contributed by atoms with Crippen LogP contribution < -0.4 is 15.4 Å². The summed E-state index contributed by atoms with van der Waals surface area (Å²) in [4.78, 5) is 12.4. The number of rotatable bonds is 3. The summed E-state index contributed by atoms with van der Waals surface area (Å²) in [7, 11) is 1.65. The number of amides is 1. The average Bonchev–Trinajstić information content (AvgIpc) is 2.40. The third kappa shape index (κ3) is 3.07. The zero-order valence-corrected chi connectivity index (χ0v) is 11.9. The van der Waals surface area contributed by atoms with E-state index in [4.69, 9.17) is 4.74 Å². The van der Waals surface area contributed by atoms with Crippen LogP contribution in [0.15, 0.2) is 18.2 Å². The van der Waals surface area contributed by atoms with Crippen LogP contribution >= 0.6 is 0 Å². The Balaban J connectivity index is 2.08. The maximum absolute atomic E-state index is 12.4. The molecule has 0 radical (unpaired) electrons. The van der Waals surface area contributed by atoms with Crippen LogP contribution in [0.3, 0.4) is 0 Å². The first-order chi connectivity index (χ1) is 9.05. The van der Waals surface area contributed by atoms with Gasteiger partial charge in [0, 0.05) is 12.2 Å².